The van der Waals surface area contributed by atoms with Crippen molar-refractivity contribution in [2.24, 2.45) is 0 Å². The largest absolute Gasteiger partial charge is 0.493 e. The van der Waals surface area contributed by atoms with Crippen molar-refractivity contribution < 1.29 is 9.47 Å². The van der Waals surface area contributed by atoms with Gasteiger partial charge in [-0.3, -0.25) is 0 Å². The number of ether oxygens (including phenoxy) is 2. The Hall–Kier alpha value is -1.22. The van der Waals surface area contributed by atoms with Gasteiger partial charge in [-0.1, -0.05) is 13.0 Å². The normalized spacial score (nSPS) is 14.7. The predicted molar refractivity (Wildman–Crippen MR) is 68.6 cm³/mol. The van der Waals surface area contributed by atoms with E-state index in [-0.39, 0.29) is 0 Å². The molecule has 0 spiro atoms. The highest BCUT2D eigenvalue weighted by Gasteiger charge is 2.20. The average molecular weight is 235 g/mol. The third-order valence-electron chi connectivity index (χ3n) is 2.86. The Labute approximate surface area is 103 Å². The summed E-state index contributed by atoms with van der Waals surface area (Å²) in [6.07, 6.45) is 3.64. The molecule has 0 amide bonds. The minimum Gasteiger partial charge on any atom is -0.493 e. The summed E-state index contributed by atoms with van der Waals surface area (Å²) in [6.45, 7) is 3.75. The van der Waals surface area contributed by atoms with E-state index in [1.807, 2.05) is 6.07 Å². The van der Waals surface area contributed by atoms with Crippen LogP contribution in [0.2, 0.25) is 0 Å². The molecule has 3 nitrogen and oxygen atoms in total. The van der Waals surface area contributed by atoms with Crippen molar-refractivity contribution in [3.63, 3.8) is 0 Å². The lowest BCUT2D eigenvalue weighted by atomic mass is 10.2. The fourth-order valence-electron chi connectivity index (χ4n) is 1.71. The molecule has 1 aliphatic carbocycles. The molecule has 1 N–H and O–H groups in total. The second-order valence-electron chi connectivity index (χ2n) is 4.49. The highest BCUT2D eigenvalue weighted by molar-refractivity contribution is 5.43. The first-order valence-corrected chi connectivity index (χ1v) is 6.36. The van der Waals surface area contributed by atoms with Gasteiger partial charge in [0, 0.05) is 12.6 Å². The molecular weight excluding hydrogens is 214 g/mol. The first kappa shape index (κ1) is 12.2. The van der Waals surface area contributed by atoms with Gasteiger partial charge in [-0.05, 0) is 37.0 Å². The Morgan fingerprint density at radius 3 is 2.76 bits per heavy atom. The van der Waals surface area contributed by atoms with Crippen molar-refractivity contribution in [2.75, 3.05) is 13.7 Å². The van der Waals surface area contributed by atoms with Gasteiger partial charge in [0.2, 0.25) is 0 Å². The van der Waals surface area contributed by atoms with Crippen LogP contribution in [-0.2, 0) is 6.54 Å². The first-order chi connectivity index (χ1) is 8.33. The highest BCUT2D eigenvalue weighted by Crippen LogP contribution is 2.28. The number of hydrogen-bond acceptors (Lipinski definition) is 3. The van der Waals surface area contributed by atoms with Gasteiger partial charge in [0.15, 0.2) is 11.5 Å². The van der Waals surface area contributed by atoms with Gasteiger partial charge in [-0.15, -0.1) is 0 Å². The number of rotatable bonds is 7. The maximum atomic E-state index is 5.69. The molecule has 1 fully saturated rings. The van der Waals surface area contributed by atoms with Crippen LogP contribution in [0.5, 0.6) is 11.5 Å². The van der Waals surface area contributed by atoms with Gasteiger partial charge in [-0.2, -0.15) is 0 Å². The third kappa shape index (κ3) is 3.63. The summed E-state index contributed by atoms with van der Waals surface area (Å²) >= 11 is 0. The average Bonchev–Trinajstić information content (AvgIpc) is 3.18. The van der Waals surface area contributed by atoms with Crippen molar-refractivity contribution in [3.8, 4) is 11.5 Å². The van der Waals surface area contributed by atoms with Gasteiger partial charge in [0.05, 0.1) is 13.7 Å². The van der Waals surface area contributed by atoms with Crippen LogP contribution in [0, 0.1) is 0 Å². The maximum absolute atomic E-state index is 5.69. The smallest absolute Gasteiger partial charge is 0.161 e. The molecule has 0 atom stereocenters. The SMILES string of the molecule is CCCOc1cc(CNC2CC2)ccc1OC. The third-order valence-corrected chi connectivity index (χ3v) is 2.86. The monoisotopic (exact) mass is 235 g/mol. The number of nitrogens with one attached hydrogen (secondary N) is 1. The number of methoxy groups -OCH3 is 1. The first-order valence-electron chi connectivity index (χ1n) is 6.36. The summed E-state index contributed by atoms with van der Waals surface area (Å²) in [5, 5.41) is 3.50. The van der Waals surface area contributed by atoms with E-state index in [2.05, 4.69) is 24.4 Å². The fourth-order valence-corrected chi connectivity index (χ4v) is 1.71. The molecule has 0 heterocycles. The molecule has 0 unspecified atom stereocenters. The zero-order chi connectivity index (χ0) is 12.1. The minimum atomic E-state index is 0.732. The lowest BCUT2D eigenvalue weighted by molar-refractivity contribution is 0.294. The van der Waals surface area contributed by atoms with E-state index in [4.69, 9.17) is 9.47 Å². The molecule has 17 heavy (non-hydrogen) atoms. The van der Waals surface area contributed by atoms with Crippen LogP contribution in [-0.4, -0.2) is 19.8 Å². The molecule has 0 aromatic heterocycles. The van der Waals surface area contributed by atoms with Crippen molar-refractivity contribution in [2.45, 2.75) is 38.8 Å². The number of hydrogen-bond donors (Lipinski definition) is 1. The molecule has 2 rings (SSSR count). The van der Waals surface area contributed by atoms with Crippen LogP contribution in [0.3, 0.4) is 0 Å². The molecule has 0 bridgehead atoms. The second kappa shape index (κ2) is 5.92. The van der Waals surface area contributed by atoms with Crippen LogP contribution in [0.4, 0.5) is 0 Å². The summed E-state index contributed by atoms with van der Waals surface area (Å²) in [5.41, 5.74) is 1.25. The molecule has 0 saturated heterocycles. The Morgan fingerprint density at radius 2 is 2.12 bits per heavy atom. The molecular formula is C14H21NO2. The quantitative estimate of drug-likeness (QED) is 0.788. The molecule has 94 valence electrons. The summed E-state index contributed by atoms with van der Waals surface area (Å²) in [5.74, 6) is 1.66. The van der Waals surface area contributed by atoms with Crippen LogP contribution in [0.15, 0.2) is 18.2 Å². The van der Waals surface area contributed by atoms with Gasteiger partial charge in [-0.25, -0.2) is 0 Å². The Kier molecular flexibility index (Phi) is 4.26. The number of benzene rings is 1. The van der Waals surface area contributed by atoms with Gasteiger partial charge < -0.3 is 14.8 Å². The zero-order valence-electron chi connectivity index (χ0n) is 10.7. The van der Waals surface area contributed by atoms with E-state index in [9.17, 15) is 0 Å². The topological polar surface area (TPSA) is 30.5 Å². The summed E-state index contributed by atoms with van der Waals surface area (Å²) in [7, 11) is 1.68. The zero-order valence-corrected chi connectivity index (χ0v) is 10.7. The molecule has 3 heteroatoms. The molecule has 0 aliphatic heterocycles. The fraction of sp³-hybridized carbons (Fsp3) is 0.571. The molecule has 0 radical (unpaired) electrons. The Bertz CT molecular complexity index is 361. The summed E-state index contributed by atoms with van der Waals surface area (Å²) < 4.78 is 11.0. The standard InChI is InChI=1S/C14H21NO2/c1-3-8-17-14-9-11(4-7-13(14)16-2)10-15-12-5-6-12/h4,7,9,12,15H,3,5-6,8,10H2,1-2H3. The van der Waals surface area contributed by atoms with Crippen LogP contribution in [0.1, 0.15) is 31.7 Å². The van der Waals surface area contributed by atoms with E-state index >= 15 is 0 Å². The van der Waals surface area contributed by atoms with Crippen LogP contribution >= 0.6 is 0 Å². The van der Waals surface area contributed by atoms with Crippen LogP contribution < -0.4 is 14.8 Å². The second-order valence-corrected chi connectivity index (χ2v) is 4.49. The predicted octanol–water partition coefficient (Wildman–Crippen LogP) is 2.74. The van der Waals surface area contributed by atoms with E-state index in [1.54, 1.807) is 7.11 Å². The Balaban J connectivity index is 2.00. The van der Waals surface area contributed by atoms with E-state index in [0.29, 0.717) is 0 Å². The molecule has 1 aromatic carbocycles. The molecule has 1 saturated carbocycles. The van der Waals surface area contributed by atoms with Crippen molar-refractivity contribution in [3.05, 3.63) is 23.8 Å². The summed E-state index contributed by atoms with van der Waals surface area (Å²) in [4.78, 5) is 0. The lowest BCUT2D eigenvalue weighted by Gasteiger charge is -2.12. The van der Waals surface area contributed by atoms with E-state index in [1.165, 1.54) is 18.4 Å². The van der Waals surface area contributed by atoms with E-state index in [0.717, 1.165) is 37.1 Å². The molecule has 1 aromatic rings. The van der Waals surface area contributed by atoms with Gasteiger partial charge >= 0.3 is 0 Å². The Morgan fingerprint density at radius 1 is 1.29 bits per heavy atom. The molecule has 1 aliphatic rings. The van der Waals surface area contributed by atoms with Crippen molar-refractivity contribution in [1.82, 2.24) is 5.32 Å². The van der Waals surface area contributed by atoms with Gasteiger partial charge in [0.1, 0.15) is 0 Å². The lowest BCUT2D eigenvalue weighted by Crippen LogP contribution is -2.15. The highest BCUT2D eigenvalue weighted by atomic mass is 16.5. The van der Waals surface area contributed by atoms with Crippen LogP contribution in [0.25, 0.3) is 0 Å². The van der Waals surface area contributed by atoms with E-state index < -0.39 is 0 Å². The van der Waals surface area contributed by atoms with Gasteiger partial charge in [0.25, 0.3) is 0 Å². The van der Waals surface area contributed by atoms with Crippen molar-refractivity contribution >= 4 is 0 Å². The minimum absolute atomic E-state index is 0.732. The van der Waals surface area contributed by atoms with Crippen molar-refractivity contribution in [1.29, 1.82) is 0 Å². The summed E-state index contributed by atoms with van der Waals surface area (Å²) in [6, 6.07) is 6.88. The maximum Gasteiger partial charge on any atom is 0.161 e.